The highest BCUT2D eigenvalue weighted by atomic mass is 35.5. The molecule has 0 spiro atoms. The molecular formula is C24H21ClN2O3. The average molecular weight is 421 g/mol. The standard InChI is InChI=1S/C24H21ClN2O3/c25-19-9-1-16(2-10-19)14-30-20-11-3-15(4-12-20)13-26-27-23(28)21-17-5-6-18(8-7-17)22(21)24(27)29/h1-6,9-13,17-18,21-22H,7-8,14H2/b26-13-/t17-,18-,21+,22+/m0/s1. The van der Waals surface area contributed by atoms with E-state index in [9.17, 15) is 9.59 Å². The SMILES string of the molecule is O=C1[C@H]2[C@H](C(=O)N1/N=C\c1ccc(OCc3ccc(Cl)cc3)cc1)[C@H]1C=C[C@H]2CC1. The number of allylic oxidation sites excluding steroid dienone is 2. The molecule has 0 unspecified atom stereocenters. The van der Waals surface area contributed by atoms with E-state index < -0.39 is 0 Å². The van der Waals surface area contributed by atoms with Crippen molar-refractivity contribution in [3.05, 3.63) is 76.8 Å². The second-order valence-corrected chi connectivity index (χ2v) is 8.49. The Kier molecular flexibility index (Phi) is 4.91. The molecule has 2 fully saturated rings. The Bertz CT molecular complexity index is 997. The molecule has 30 heavy (non-hydrogen) atoms. The van der Waals surface area contributed by atoms with Gasteiger partial charge in [0.2, 0.25) is 0 Å². The lowest BCUT2D eigenvalue weighted by Gasteiger charge is -2.37. The molecule has 152 valence electrons. The molecule has 2 aromatic carbocycles. The van der Waals surface area contributed by atoms with Crippen molar-refractivity contribution in [3.8, 4) is 5.75 Å². The van der Waals surface area contributed by atoms with Gasteiger partial charge in [-0.1, -0.05) is 35.9 Å². The van der Waals surface area contributed by atoms with E-state index in [1.807, 2.05) is 48.5 Å². The number of fused-ring (bicyclic) bond motifs is 1. The minimum atomic E-state index is -0.234. The first-order valence-corrected chi connectivity index (χ1v) is 10.6. The molecule has 1 saturated carbocycles. The summed E-state index contributed by atoms with van der Waals surface area (Å²) in [7, 11) is 0. The van der Waals surface area contributed by atoms with Crippen LogP contribution in [0.5, 0.6) is 5.75 Å². The third-order valence-electron chi connectivity index (χ3n) is 6.26. The molecule has 0 aromatic heterocycles. The Morgan fingerprint density at radius 3 is 2.10 bits per heavy atom. The van der Waals surface area contributed by atoms with Crippen LogP contribution in [-0.2, 0) is 16.2 Å². The van der Waals surface area contributed by atoms with Crippen LogP contribution in [0.25, 0.3) is 0 Å². The number of carbonyl (C=O) groups is 2. The van der Waals surface area contributed by atoms with Crippen molar-refractivity contribution < 1.29 is 14.3 Å². The van der Waals surface area contributed by atoms with Crippen molar-refractivity contribution in [3.63, 3.8) is 0 Å². The lowest BCUT2D eigenvalue weighted by atomic mass is 9.63. The number of hydrogen-bond donors (Lipinski definition) is 0. The minimum absolute atomic E-state index is 0.164. The van der Waals surface area contributed by atoms with Crippen LogP contribution >= 0.6 is 11.6 Å². The predicted octanol–water partition coefficient (Wildman–Crippen LogP) is 4.45. The molecule has 2 bridgehead atoms. The minimum Gasteiger partial charge on any atom is -0.489 e. The molecule has 6 heteroatoms. The quantitative estimate of drug-likeness (QED) is 0.408. The average Bonchev–Trinajstić information content (AvgIpc) is 3.05. The van der Waals surface area contributed by atoms with E-state index in [-0.39, 0.29) is 35.5 Å². The number of amides is 2. The van der Waals surface area contributed by atoms with Crippen LogP contribution in [0.15, 0.2) is 65.8 Å². The van der Waals surface area contributed by atoms with Crippen molar-refractivity contribution >= 4 is 29.6 Å². The normalized spacial score (nSPS) is 27.2. The topological polar surface area (TPSA) is 59.0 Å². The van der Waals surface area contributed by atoms with Crippen LogP contribution in [0.1, 0.15) is 24.0 Å². The van der Waals surface area contributed by atoms with Gasteiger partial charge in [-0.05, 0) is 72.2 Å². The number of benzene rings is 2. The number of rotatable bonds is 5. The van der Waals surface area contributed by atoms with Crippen LogP contribution in [0.3, 0.4) is 0 Å². The van der Waals surface area contributed by atoms with Gasteiger partial charge in [0.1, 0.15) is 12.4 Å². The number of ether oxygens (including phenoxy) is 1. The highest BCUT2D eigenvalue weighted by molar-refractivity contribution is 6.30. The molecule has 6 rings (SSSR count). The summed E-state index contributed by atoms with van der Waals surface area (Å²) in [5.74, 6) is 0.280. The maximum absolute atomic E-state index is 12.8. The third kappa shape index (κ3) is 3.43. The Morgan fingerprint density at radius 1 is 0.933 bits per heavy atom. The Hall–Kier alpha value is -2.92. The van der Waals surface area contributed by atoms with Crippen LogP contribution in [0.2, 0.25) is 5.02 Å². The molecule has 3 aliphatic carbocycles. The molecule has 2 aromatic rings. The van der Waals surface area contributed by atoms with Gasteiger partial charge in [0.05, 0.1) is 18.1 Å². The zero-order chi connectivity index (χ0) is 20.7. The number of halogens is 1. The lowest BCUT2D eigenvalue weighted by molar-refractivity contribution is -0.140. The summed E-state index contributed by atoms with van der Waals surface area (Å²) in [5.41, 5.74) is 1.83. The van der Waals surface area contributed by atoms with Gasteiger partial charge in [-0.2, -0.15) is 10.1 Å². The molecule has 4 aliphatic rings. The monoisotopic (exact) mass is 420 g/mol. The second-order valence-electron chi connectivity index (χ2n) is 8.06. The van der Waals surface area contributed by atoms with Gasteiger partial charge in [0.25, 0.3) is 11.8 Å². The van der Waals surface area contributed by atoms with Crippen LogP contribution in [0, 0.1) is 23.7 Å². The van der Waals surface area contributed by atoms with E-state index in [1.54, 1.807) is 6.21 Å². The van der Waals surface area contributed by atoms with Gasteiger partial charge < -0.3 is 4.74 Å². The number of nitrogens with zero attached hydrogens (tertiary/aromatic N) is 2. The predicted molar refractivity (Wildman–Crippen MR) is 114 cm³/mol. The first kappa shape index (κ1) is 19.1. The molecule has 1 aliphatic heterocycles. The van der Waals surface area contributed by atoms with Gasteiger partial charge >= 0.3 is 0 Å². The van der Waals surface area contributed by atoms with Crippen molar-refractivity contribution in [2.24, 2.45) is 28.8 Å². The fourth-order valence-corrected chi connectivity index (χ4v) is 4.82. The molecule has 0 radical (unpaired) electrons. The summed E-state index contributed by atoms with van der Waals surface area (Å²) in [6.45, 7) is 0.445. The zero-order valence-electron chi connectivity index (χ0n) is 16.3. The Labute approximate surface area is 180 Å². The maximum atomic E-state index is 12.8. The number of carbonyl (C=O) groups excluding carboxylic acids is 2. The van der Waals surface area contributed by atoms with E-state index in [0.717, 1.165) is 34.7 Å². The van der Waals surface area contributed by atoms with Crippen molar-refractivity contribution in [1.29, 1.82) is 0 Å². The van der Waals surface area contributed by atoms with Gasteiger partial charge in [-0.3, -0.25) is 9.59 Å². The molecule has 4 atom stereocenters. The summed E-state index contributed by atoms with van der Waals surface area (Å²) >= 11 is 5.89. The third-order valence-corrected chi connectivity index (χ3v) is 6.51. The first-order valence-electron chi connectivity index (χ1n) is 10.2. The summed E-state index contributed by atoms with van der Waals surface area (Å²) in [6.07, 6.45) is 7.74. The van der Waals surface area contributed by atoms with Crippen LogP contribution < -0.4 is 4.74 Å². The summed E-state index contributed by atoms with van der Waals surface area (Å²) < 4.78 is 5.78. The van der Waals surface area contributed by atoms with E-state index >= 15 is 0 Å². The smallest absolute Gasteiger partial charge is 0.254 e. The lowest BCUT2D eigenvalue weighted by Crippen LogP contribution is -2.38. The highest BCUT2D eigenvalue weighted by Crippen LogP contribution is 2.49. The van der Waals surface area contributed by atoms with Gasteiger partial charge in [0.15, 0.2) is 0 Å². The zero-order valence-corrected chi connectivity index (χ0v) is 17.0. The largest absolute Gasteiger partial charge is 0.489 e. The molecule has 5 nitrogen and oxygen atoms in total. The molecule has 2 amide bonds. The Morgan fingerprint density at radius 2 is 1.53 bits per heavy atom. The van der Waals surface area contributed by atoms with Gasteiger partial charge in [0, 0.05) is 5.02 Å². The molecule has 1 saturated heterocycles. The van der Waals surface area contributed by atoms with E-state index in [4.69, 9.17) is 16.3 Å². The van der Waals surface area contributed by atoms with E-state index in [2.05, 4.69) is 17.3 Å². The Balaban J connectivity index is 1.23. The van der Waals surface area contributed by atoms with Crippen molar-refractivity contribution in [2.75, 3.05) is 0 Å². The van der Waals surface area contributed by atoms with E-state index in [0.29, 0.717) is 11.6 Å². The molecule has 0 N–H and O–H groups in total. The molecule has 1 heterocycles. The fourth-order valence-electron chi connectivity index (χ4n) is 4.69. The van der Waals surface area contributed by atoms with Gasteiger partial charge in [-0.15, -0.1) is 0 Å². The summed E-state index contributed by atoms with van der Waals surface area (Å²) in [5, 5.41) is 6.01. The van der Waals surface area contributed by atoms with Crippen LogP contribution in [0.4, 0.5) is 0 Å². The van der Waals surface area contributed by atoms with Crippen LogP contribution in [-0.4, -0.2) is 23.0 Å². The maximum Gasteiger partial charge on any atom is 0.254 e. The molecular weight excluding hydrogens is 400 g/mol. The summed E-state index contributed by atoms with van der Waals surface area (Å²) in [6, 6.07) is 14.9. The van der Waals surface area contributed by atoms with Crippen molar-refractivity contribution in [2.45, 2.75) is 19.4 Å². The fraction of sp³-hybridized carbons (Fsp3) is 0.292. The first-order chi connectivity index (χ1) is 14.6. The summed E-state index contributed by atoms with van der Waals surface area (Å²) in [4.78, 5) is 25.6. The van der Waals surface area contributed by atoms with E-state index in [1.165, 1.54) is 0 Å². The number of hydrazone groups is 1. The van der Waals surface area contributed by atoms with Crippen molar-refractivity contribution in [1.82, 2.24) is 5.01 Å². The second kappa shape index (κ2) is 7.73. The highest BCUT2D eigenvalue weighted by Gasteiger charge is 2.56. The number of hydrogen-bond acceptors (Lipinski definition) is 4. The van der Waals surface area contributed by atoms with Gasteiger partial charge in [-0.25, -0.2) is 0 Å². The number of imide groups is 1.